The van der Waals surface area contributed by atoms with E-state index in [1.807, 2.05) is 17.1 Å². The molecule has 2 rings (SSSR count). The van der Waals surface area contributed by atoms with Gasteiger partial charge >= 0.3 is 5.97 Å². The molecule has 1 N–H and O–H groups in total. The van der Waals surface area contributed by atoms with E-state index >= 15 is 0 Å². The Balaban J connectivity index is 1.80. The Bertz CT molecular complexity index is 420. The monoisotopic (exact) mass is 284 g/mol. The Morgan fingerprint density at radius 2 is 2.33 bits per heavy atom. The second-order valence-corrected chi connectivity index (χ2v) is 6.43. The topological polar surface area (TPSA) is 46.5 Å². The van der Waals surface area contributed by atoms with Crippen LogP contribution >= 0.6 is 23.1 Å². The zero-order valence-corrected chi connectivity index (χ0v) is 11.6. The fourth-order valence-corrected chi connectivity index (χ4v) is 3.89. The predicted molar refractivity (Wildman–Crippen MR) is 76.1 cm³/mol. The van der Waals surface area contributed by atoms with Crippen LogP contribution in [0.5, 0.6) is 0 Å². The Kier molecular flexibility index (Phi) is 5.28. The first-order chi connectivity index (χ1) is 8.74. The molecule has 0 atom stereocenters. The summed E-state index contributed by atoms with van der Waals surface area (Å²) < 4.78 is 5.33. The first-order valence-electron chi connectivity index (χ1n) is 5.92. The Morgan fingerprint density at radius 1 is 1.56 bits per heavy atom. The summed E-state index contributed by atoms with van der Waals surface area (Å²) in [6.45, 7) is 1.77. The van der Waals surface area contributed by atoms with Crippen LogP contribution in [0.15, 0.2) is 17.5 Å². The number of rotatable bonds is 5. The molecule has 3 nitrogen and oxygen atoms in total. The molecule has 0 amide bonds. The number of thiophene rings is 1. The van der Waals surface area contributed by atoms with Gasteiger partial charge in [0, 0.05) is 35.2 Å². The molecule has 0 unspecified atom stereocenters. The molecule has 1 aromatic heterocycles. The summed E-state index contributed by atoms with van der Waals surface area (Å²) in [6.07, 6.45) is 5.10. The molecule has 2 heterocycles. The maximum absolute atomic E-state index is 10.4. The lowest BCUT2D eigenvalue weighted by Crippen LogP contribution is -2.17. The average Bonchev–Trinajstić information content (AvgIpc) is 2.83. The van der Waals surface area contributed by atoms with Gasteiger partial charge in [-0.3, -0.25) is 0 Å². The second-order valence-electron chi connectivity index (χ2n) is 4.14. The van der Waals surface area contributed by atoms with Crippen LogP contribution < -0.4 is 0 Å². The molecule has 0 aromatic carbocycles. The zero-order chi connectivity index (χ0) is 12.8. The van der Waals surface area contributed by atoms with Gasteiger partial charge in [-0.05, 0) is 35.9 Å². The molecule has 0 radical (unpaired) electrons. The van der Waals surface area contributed by atoms with E-state index < -0.39 is 5.97 Å². The van der Waals surface area contributed by atoms with Crippen molar-refractivity contribution in [1.29, 1.82) is 0 Å². The van der Waals surface area contributed by atoms with Crippen LogP contribution in [0.4, 0.5) is 0 Å². The summed E-state index contributed by atoms with van der Waals surface area (Å²) in [5.74, 6) is 0.107. The number of carboxylic acid groups (broad SMARTS) is 1. The Hall–Kier alpha value is -0.780. The number of ether oxygens (including phenoxy) is 1. The smallest absolute Gasteiger partial charge is 0.328 e. The third-order valence-electron chi connectivity index (χ3n) is 2.72. The number of carbonyl (C=O) groups is 1. The normalized spacial score (nSPS) is 17.3. The van der Waals surface area contributed by atoms with Gasteiger partial charge in [0.25, 0.3) is 0 Å². The van der Waals surface area contributed by atoms with Crippen LogP contribution in [0.1, 0.15) is 23.3 Å². The molecular formula is C13H16O3S2. The molecule has 1 saturated heterocycles. The molecule has 1 fully saturated rings. The van der Waals surface area contributed by atoms with E-state index in [4.69, 9.17) is 9.84 Å². The maximum Gasteiger partial charge on any atom is 0.328 e. The highest BCUT2D eigenvalue weighted by atomic mass is 32.2. The molecular weight excluding hydrogens is 268 g/mol. The first kappa shape index (κ1) is 13.6. The minimum Gasteiger partial charge on any atom is -0.478 e. The molecule has 98 valence electrons. The molecule has 0 aliphatic carbocycles. The van der Waals surface area contributed by atoms with Crippen molar-refractivity contribution in [2.24, 2.45) is 0 Å². The number of hydrogen-bond donors (Lipinski definition) is 1. The van der Waals surface area contributed by atoms with E-state index in [0.29, 0.717) is 5.25 Å². The number of carboxylic acids is 1. The lowest BCUT2D eigenvalue weighted by molar-refractivity contribution is -0.131. The largest absolute Gasteiger partial charge is 0.478 e. The molecule has 0 saturated carbocycles. The standard InChI is InChI=1S/C13H16O3S2/c14-13(15)2-1-10-7-12(17-8-10)9-18-11-3-5-16-6-4-11/h1-2,7-8,11H,3-6,9H2,(H,14,15). The quantitative estimate of drug-likeness (QED) is 0.843. The van der Waals surface area contributed by atoms with Crippen molar-refractivity contribution in [2.75, 3.05) is 13.2 Å². The van der Waals surface area contributed by atoms with Gasteiger partial charge in [0.05, 0.1) is 0 Å². The van der Waals surface area contributed by atoms with Crippen molar-refractivity contribution >= 4 is 35.1 Å². The zero-order valence-electron chi connectivity index (χ0n) is 10.0. The molecule has 0 spiro atoms. The van der Waals surface area contributed by atoms with Crippen molar-refractivity contribution in [3.05, 3.63) is 28.0 Å². The van der Waals surface area contributed by atoms with Gasteiger partial charge in [-0.15, -0.1) is 11.3 Å². The minimum atomic E-state index is -0.903. The van der Waals surface area contributed by atoms with Crippen molar-refractivity contribution in [2.45, 2.75) is 23.8 Å². The predicted octanol–water partition coefficient (Wildman–Crippen LogP) is 3.26. The SMILES string of the molecule is O=C(O)C=Cc1csc(CSC2CCOCC2)c1. The van der Waals surface area contributed by atoms with Crippen LogP contribution in [0, 0.1) is 0 Å². The van der Waals surface area contributed by atoms with E-state index in [1.54, 1.807) is 17.4 Å². The summed E-state index contributed by atoms with van der Waals surface area (Å²) in [5.41, 5.74) is 0.977. The third kappa shape index (κ3) is 4.48. The van der Waals surface area contributed by atoms with Gasteiger partial charge in [-0.25, -0.2) is 4.79 Å². The van der Waals surface area contributed by atoms with Crippen LogP contribution in [0.3, 0.4) is 0 Å². The first-order valence-corrected chi connectivity index (χ1v) is 7.84. The number of thioether (sulfide) groups is 1. The van der Waals surface area contributed by atoms with E-state index in [2.05, 4.69) is 6.07 Å². The van der Waals surface area contributed by atoms with Gasteiger partial charge in [-0.1, -0.05) is 0 Å². The summed E-state index contributed by atoms with van der Waals surface area (Å²) >= 11 is 3.67. The van der Waals surface area contributed by atoms with Crippen LogP contribution in [0.2, 0.25) is 0 Å². The van der Waals surface area contributed by atoms with Crippen molar-refractivity contribution < 1.29 is 14.6 Å². The third-order valence-corrected chi connectivity index (χ3v) is 5.28. The molecule has 5 heteroatoms. The molecule has 0 bridgehead atoms. The molecule has 18 heavy (non-hydrogen) atoms. The number of aliphatic carboxylic acids is 1. The van der Waals surface area contributed by atoms with Crippen molar-refractivity contribution in [3.8, 4) is 0 Å². The van der Waals surface area contributed by atoms with E-state index in [0.717, 1.165) is 37.4 Å². The fourth-order valence-electron chi connectivity index (χ4n) is 1.77. The highest BCUT2D eigenvalue weighted by Crippen LogP contribution is 2.28. The van der Waals surface area contributed by atoms with Crippen molar-refractivity contribution in [3.63, 3.8) is 0 Å². The average molecular weight is 284 g/mol. The summed E-state index contributed by atoms with van der Waals surface area (Å²) in [6, 6.07) is 2.07. The van der Waals surface area contributed by atoms with Crippen LogP contribution in [-0.2, 0) is 15.3 Å². The van der Waals surface area contributed by atoms with Gasteiger partial charge in [0.2, 0.25) is 0 Å². The van der Waals surface area contributed by atoms with Gasteiger partial charge in [0.15, 0.2) is 0 Å². The summed E-state index contributed by atoms with van der Waals surface area (Å²) in [4.78, 5) is 11.7. The Morgan fingerprint density at radius 3 is 3.06 bits per heavy atom. The molecule has 1 aliphatic rings. The highest BCUT2D eigenvalue weighted by molar-refractivity contribution is 7.99. The van der Waals surface area contributed by atoms with E-state index in [1.165, 1.54) is 11.0 Å². The maximum atomic E-state index is 10.4. The lowest BCUT2D eigenvalue weighted by Gasteiger charge is -2.20. The molecule has 1 aromatic rings. The van der Waals surface area contributed by atoms with E-state index in [-0.39, 0.29) is 0 Å². The van der Waals surface area contributed by atoms with E-state index in [9.17, 15) is 4.79 Å². The van der Waals surface area contributed by atoms with Gasteiger partial charge < -0.3 is 9.84 Å². The number of hydrogen-bond acceptors (Lipinski definition) is 4. The van der Waals surface area contributed by atoms with Crippen LogP contribution in [0.25, 0.3) is 6.08 Å². The van der Waals surface area contributed by atoms with Crippen LogP contribution in [-0.4, -0.2) is 29.5 Å². The van der Waals surface area contributed by atoms with Gasteiger partial charge in [0.1, 0.15) is 0 Å². The van der Waals surface area contributed by atoms with Gasteiger partial charge in [-0.2, -0.15) is 11.8 Å². The second kappa shape index (κ2) is 6.97. The van der Waals surface area contributed by atoms with Crippen molar-refractivity contribution in [1.82, 2.24) is 0 Å². The highest BCUT2D eigenvalue weighted by Gasteiger charge is 2.14. The Labute approximate surface area is 115 Å². The fraction of sp³-hybridized carbons (Fsp3) is 0.462. The minimum absolute atomic E-state index is 0.707. The summed E-state index contributed by atoms with van der Waals surface area (Å²) in [5, 5.41) is 11.3. The molecule has 1 aliphatic heterocycles. The summed E-state index contributed by atoms with van der Waals surface area (Å²) in [7, 11) is 0. The lowest BCUT2D eigenvalue weighted by atomic mass is 10.2.